The molecule has 9 atom stereocenters. The quantitative estimate of drug-likeness (QED) is 0.0746. The van der Waals surface area contributed by atoms with E-state index >= 15 is 0 Å². The number of nitrogens with zero attached hydrogens (tertiary/aromatic N) is 1. The third kappa shape index (κ3) is 9.34. The second kappa shape index (κ2) is 15.8. The Labute approximate surface area is 234 Å². The van der Waals surface area contributed by atoms with Crippen LogP contribution in [0, 0.1) is 0 Å². The van der Waals surface area contributed by atoms with Crippen molar-refractivity contribution in [3.8, 4) is 0 Å². The summed E-state index contributed by atoms with van der Waals surface area (Å²) in [5, 5.41) is 62.6. The summed E-state index contributed by atoms with van der Waals surface area (Å²) in [5.41, 5.74) is 0. The molecule has 0 aromatic rings. The molecule has 0 aromatic heterocycles. The van der Waals surface area contributed by atoms with Gasteiger partial charge in [0.15, 0.2) is 12.6 Å². The molecule has 234 valence electrons. The summed E-state index contributed by atoms with van der Waals surface area (Å²) in [4.78, 5) is 51.4. The van der Waals surface area contributed by atoms with Gasteiger partial charge < -0.3 is 59.7 Å². The number of hydroxylamine groups is 2. The van der Waals surface area contributed by atoms with Crippen LogP contribution >= 0.6 is 0 Å². The molecular weight excluding hydrogens is 556 g/mol. The lowest BCUT2D eigenvalue weighted by Gasteiger charge is -2.41. The highest BCUT2D eigenvalue weighted by atomic mass is 16.7. The molecule has 17 nitrogen and oxygen atoms in total. The second-order valence-corrected chi connectivity index (χ2v) is 9.90. The van der Waals surface area contributed by atoms with Gasteiger partial charge in [-0.25, -0.2) is 4.79 Å². The molecule has 7 N–H and O–H groups in total. The molecule has 41 heavy (non-hydrogen) atoms. The smallest absolute Gasteiger partial charge is 0.333 e. The van der Waals surface area contributed by atoms with Crippen molar-refractivity contribution in [2.75, 3.05) is 26.4 Å². The first-order valence-corrected chi connectivity index (χ1v) is 13.4. The molecule has 3 amide bonds. The van der Waals surface area contributed by atoms with E-state index in [1.165, 1.54) is 0 Å². The number of carbonyl (C=O) groups is 4. The average Bonchev–Trinajstić information content (AvgIpc) is 3.26. The number of aliphatic hydroxyl groups is 6. The molecule has 0 bridgehead atoms. The number of aliphatic hydroxyl groups excluding tert-OH is 6. The van der Waals surface area contributed by atoms with Gasteiger partial charge in [0.1, 0.15) is 36.6 Å². The van der Waals surface area contributed by atoms with Crippen molar-refractivity contribution < 1.29 is 73.6 Å². The van der Waals surface area contributed by atoms with Crippen LogP contribution < -0.4 is 5.32 Å². The molecular formula is C24H38N2O15. The molecule has 3 saturated heterocycles. The lowest BCUT2D eigenvalue weighted by atomic mass is 9.99. The molecule has 3 heterocycles. The number of nitrogens with one attached hydrogen (secondary N) is 1. The molecule has 3 fully saturated rings. The first-order chi connectivity index (χ1) is 19.5. The maximum atomic E-state index is 12.0. The normalized spacial score (nSPS) is 34.1. The first kappa shape index (κ1) is 33.2. The van der Waals surface area contributed by atoms with Gasteiger partial charge in [-0.2, -0.15) is 0 Å². The topological polar surface area (TPSA) is 251 Å². The van der Waals surface area contributed by atoms with Crippen molar-refractivity contribution in [2.24, 2.45) is 0 Å². The Morgan fingerprint density at radius 3 is 2.24 bits per heavy atom. The molecule has 3 aliphatic heterocycles. The van der Waals surface area contributed by atoms with E-state index in [0.29, 0.717) is 17.9 Å². The molecule has 3 aliphatic rings. The van der Waals surface area contributed by atoms with Gasteiger partial charge in [-0.05, 0) is 12.8 Å². The Bertz CT molecular complexity index is 888. The van der Waals surface area contributed by atoms with E-state index < -0.39 is 86.3 Å². The van der Waals surface area contributed by atoms with Crippen LogP contribution in [0.15, 0.2) is 0 Å². The Morgan fingerprint density at radius 1 is 0.878 bits per heavy atom. The number of unbranched alkanes of at least 4 members (excludes halogenated alkanes) is 1. The summed E-state index contributed by atoms with van der Waals surface area (Å²) in [5.74, 6) is -2.17. The van der Waals surface area contributed by atoms with Crippen LogP contribution in [0.3, 0.4) is 0 Å². The largest absolute Gasteiger partial charge is 0.394 e. The first-order valence-electron chi connectivity index (χ1n) is 13.4. The molecule has 0 spiro atoms. The van der Waals surface area contributed by atoms with E-state index in [-0.39, 0.29) is 51.2 Å². The van der Waals surface area contributed by atoms with Crippen LogP contribution in [-0.4, -0.2) is 141 Å². The van der Waals surface area contributed by atoms with Gasteiger partial charge in [-0.15, -0.1) is 5.06 Å². The second-order valence-electron chi connectivity index (χ2n) is 9.90. The van der Waals surface area contributed by atoms with Gasteiger partial charge in [0.25, 0.3) is 11.8 Å². The lowest BCUT2D eigenvalue weighted by molar-refractivity contribution is -0.318. The van der Waals surface area contributed by atoms with Crippen molar-refractivity contribution >= 4 is 23.7 Å². The highest BCUT2D eigenvalue weighted by Gasteiger charge is 2.45. The summed E-state index contributed by atoms with van der Waals surface area (Å²) >= 11 is 0. The average molecular weight is 595 g/mol. The van der Waals surface area contributed by atoms with Gasteiger partial charge in [-0.1, -0.05) is 0 Å². The van der Waals surface area contributed by atoms with Crippen LogP contribution in [-0.2, 0) is 43.0 Å². The summed E-state index contributed by atoms with van der Waals surface area (Å²) in [6.45, 7) is -0.928. The fourth-order valence-electron chi connectivity index (χ4n) is 4.38. The van der Waals surface area contributed by atoms with Crippen LogP contribution in [0.2, 0.25) is 0 Å². The number of carbonyl (C=O) groups excluding carboxylic acids is 4. The highest BCUT2D eigenvalue weighted by molar-refractivity contribution is 6.01. The zero-order valence-corrected chi connectivity index (χ0v) is 22.3. The van der Waals surface area contributed by atoms with Crippen LogP contribution in [0.4, 0.5) is 0 Å². The van der Waals surface area contributed by atoms with Crippen LogP contribution in [0.1, 0.15) is 44.9 Å². The van der Waals surface area contributed by atoms with E-state index in [2.05, 4.69) is 5.32 Å². The zero-order chi connectivity index (χ0) is 30.1. The molecule has 0 saturated carbocycles. The van der Waals surface area contributed by atoms with Gasteiger partial charge >= 0.3 is 5.97 Å². The van der Waals surface area contributed by atoms with E-state index in [9.17, 15) is 49.8 Å². The maximum Gasteiger partial charge on any atom is 0.333 e. The predicted octanol–water partition coefficient (Wildman–Crippen LogP) is -4.06. The van der Waals surface area contributed by atoms with Gasteiger partial charge in [0.05, 0.1) is 25.9 Å². The van der Waals surface area contributed by atoms with Crippen LogP contribution in [0.5, 0.6) is 0 Å². The SMILES string of the molecule is O=C(CCCCC(=O)ON1C(=O)CCC1=O)NCCO[C@@H]1CC(O)[C@H](O)C(CO[C@H]2OC(CO)[C@@H](O)C(O)C2O)O1. The van der Waals surface area contributed by atoms with E-state index in [1.807, 2.05) is 0 Å². The fraction of sp³-hybridized carbons (Fsp3) is 0.833. The Morgan fingerprint density at radius 2 is 1.56 bits per heavy atom. The zero-order valence-electron chi connectivity index (χ0n) is 22.3. The Kier molecular flexibility index (Phi) is 12.8. The van der Waals surface area contributed by atoms with E-state index in [1.54, 1.807) is 0 Å². The highest BCUT2D eigenvalue weighted by Crippen LogP contribution is 2.25. The number of hydrogen-bond donors (Lipinski definition) is 7. The van der Waals surface area contributed by atoms with Crippen molar-refractivity contribution in [3.05, 3.63) is 0 Å². The standard InChI is InChI=1S/C24H38N2O15/c27-10-13-21(34)22(35)23(36)24(40-13)38-11-14-20(33)12(28)9-19(39-14)37-8-7-25-15(29)3-1-2-4-18(32)41-26-16(30)5-6-17(26)31/h12-14,19-24,27-28,33-36H,1-11H2,(H,25,29)/t12?,13?,14?,19-,20-,21+,22?,23?,24-/m0/s1. The number of ether oxygens (including phenoxy) is 4. The number of imide groups is 1. The van der Waals surface area contributed by atoms with Crippen LogP contribution in [0.25, 0.3) is 0 Å². The number of hydrogen-bond acceptors (Lipinski definition) is 15. The minimum atomic E-state index is -1.64. The summed E-state index contributed by atoms with van der Waals surface area (Å²) in [6.07, 6.45) is -11.5. The van der Waals surface area contributed by atoms with Crippen molar-refractivity contribution in [2.45, 2.75) is 100 Å². The summed E-state index contributed by atoms with van der Waals surface area (Å²) in [6, 6.07) is 0. The van der Waals surface area contributed by atoms with Crippen molar-refractivity contribution in [1.29, 1.82) is 0 Å². The Hall–Kier alpha value is -2.32. The maximum absolute atomic E-state index is 12.0. The molecule has 0 radical (unpaired) electrons. The van der Waals surface area contributed by atoms with E-state index in [0.717, 1.165) is 0 Å². The third-order valence-electron chi connectivity index (χ3n) is 6.77. The van der Waals surface area contributed by atoms with Gasteiger partial charge in [0, 0.05) is 38.6 Å². The predicted molar refractivity (Wildman–Crippen MR) is 130 cm³/mol. The summed E-state index contributed by atoms with van der Waals surface area (Å²) < 4.78 is 21.8. The number of amides is 3. The van der Waals surface area contributed by atoms with Crippen molar-refractivity contribution in [3.63, 3.8) is 0 Å². The third-order valence-corrected chi connectivity index (χ3v) is 6.77. The van der Waals surface area contributed by atoms with Gasteiger partial charge in [-0.3, -0.25) is 14.4 Å². The molecule has 0 aromatic carbocycles. The number of rotatable bonds is 14. The summed E-state index contributed by atoms with van der Waals surface area (Å²) in [7, 11) is 0. The van der Waals surface area contributed by atoms with E-state index in [4.69, 9.17) is 23.8 Å². The van der Waals surface area contributed by atoms with Gasteiger partial charge in [0.2, 0.25) is 5.91 Å². The molecule has 5 unspecified atom stereocenters. The lowest BCUT2D eigenvalue weighted by Crippen LogP contribution is -2.60. The molecule has 3 rings (SSSR count). The monoisotopic (exact) mass is 594 g/mol. The minimum absolute atomic E-state index is 0.00370. The van der Waals surface area contributed by atoms with Crippen molar-refractivity contribution in [1.82, 2.24) is 10.4 Å². The molecule has 0 aliphatic carbocycles. The Balaban J connectivity index is 1.29. The minimum Gasteiger partial charge on any atom is -0.394 e. The fourth-order valence-corrected chi connectivity index (χ4v) is 4.38. The molecule has 17 heteroatoms.